The normalized spacial score (nSPS) is 11.0. The Morgan fingerprint density at radius 3 is 1.65 bits per heavy atom. The minimum Gasteiger partial charge on any atom is -0.381 e. The molecule has 0 fully saturated rings. The van der Waals surface area contributed by atoms with E-state index in [9.17, 15) is 0 Å². The Morgan fingerprint density at radius 1 is 0.609 bits per heavy atom. The Kier molecular flexibility index (Phi) is 3.64. The summed E-state index contributed by atoms with van der Waals surface area (Å²) < 4.78 is 0. The molecular weight excluding hydrogens is 302 g/mol. The predicted molar refractivity (Wildman–Crippen MR) is 100 cm³/mol. The zero-order valence-corrected chi connectivity index (χ0v) is 13.3. The standard InChI is InChI=1S/C21H16ClN/c22-21-18-12-6-4-10-16(18)20(17-11-5-7-13-19(17)21)14-23-15-8-2-1-3-9-15/h1-13,23H,14H2. The van der Waals surface area contributed by atoms with Crippen LogP contribution in [-0.4, -0.2) is 0 Å². The second-order valence-corrected chi connectivity index (χ2v) is 5.98. The van der Waals surface area contributed by atoms with Gasteiger partial charge in [-0.2, -0.15) is 0 Å². The average Bonchev–Trinajstić information content (AvgIpc) is 2.63. The minimum absolute atomic E-state index is 0.766. The molecule has 0 aromatic heterocycles. The van der Waals surface area contributed by atoms with Gasteiger partial charge in [-0.05, 0) is 28.5 Å². The van der Waals surface area contributed by atoms with Gasteiger partial charge in [0.05, 0.1) is 5.02 Å². The van der Waals surface area contributed by atoms with Gasteiger partial charge in [0.1, 0.15) is 0 Å². The summed E-state index contributed by atoms with van der Waals surface area (Å²) in [6, 6.07) is 27.0. The van der Waals surface area contributed by atoms with E-state index in [1.165, 1.54) is 16.3 Å². The smallest absolute Gasteiger partial charge is 0.0562 e. The van der Waals surface area contributed by atoms with Crippen LogP contribution in [0.4, 0.5) is 5.69 Å². The highest BCUT2D eigenvalue weighted by molar-refractivity contribution is 6.41. The number of hydrogen-bond donors (Lipinski definition) is 1. The topological polar surface area (TPSA) is 12.0 Å². The first kappa shape index (κ1) is 14.1. The summed E-state index contributed by atoms with van der Waals surface area (Å²) in [5.74, 6) is 0. The van der Waals surface area contributed by atoms with E-state index in [0.29, 0.717) is 0 Å². The fraction of sp³-hybridized carbons (Fsp3) is 0.0476. The Labute approximate surface area is 140 Å². The molecular formula is C21H16ClN. The van der Waals surface area contributed by atoms with Crippen molar-refractivity contribution in [3.63, 3.8) is 0 Å². The Morgan fingerprint density at radius 2 is 1.09 bits per heavy atom. The molecule has 0 aliphatic carbocycles. The zero-order chi connectivity index (χ0) is 15.6. The second-order valence-electron chi connectivity index (χ2n) is 5.60. The van der Waals surface area contributed by atoms with Crippen molar-refractivity contribution in [1.29, 1.82) is 0 Å². The molecule has 0 spiro atoms. The quantitative estimate of drug-likeness (QED) is 0.440. The third-order valence-electron chi connectivity index (χ3n) is 4.22. The van der Waals surface area contributed by atoms with Gasteiger partial charge in [-0.25, -0.2) is 0 Å². The summed E-state index contributed by atoms with van der Waals surface area (Å²) in [4.78, 5) is 0. The fourth-order valence-electron chi connectivity index (χ4n) is 3.10. The van der Waals surface area contributed by atoms with Crippen LogP contribution in [0.1, 0.15) is 5.56 Å². The van der Waals surface area contributed by atoms with E-state index in [0.717, 1.165) is 28.0 Å². The zero-order valence-electron chi connectivity index (χ0n) is 12.6. The number of rotatable bonds is 3. The van der Waals surface area contributed by atoms with E-state index in [1.54, 1.807) is 0 Å². The molecule has 1 nitrogen and oxygen atoms in total. The van der Waals surface area contributed by atoms with Gasteiger partial charge in [0, 0.05) is 23.0 Å². The maximum absolute atomic E-state index is 6.64. The van der Waals surface area contributed by atoms with Crippen molar-refractivity contribution in [3.05, 3.63) is 89.4 Å². The molecule has 0 saturated heterocycles. The lowest BCUT2D eigenvalue weighted by atomic mass is 9.96. The number of hydrogen-bond acceptors (Lipinski definition) is 1. The number of anilines is 1. The first-order valence-corrected chi connectivity index (χ1v) is 8.09. The maximum Gasteiger partial charge on any atom is 0.0562 e. The van der Waals surface area contributed by atoms with Gasteiger partial charge >= 0.3 is 0 Å². The SMILES string of the molecule is Clc1c2ccccc2c(CNc2ccccc2)c2ccccc12. The second kappa shape index (κ2) is 5.94. The maximum atomic E-state index is 6.64. The lowest BCUT2D eigenvalue weighted by Gasteiger charge is -2.15. The monoisotopic (exact) mass is 317 g/mol. The molecule has 0 aliphatic heterocycles. The van der Waals surface area contributed by atoms with Gasteiger partial charge in [-0.3, -0.25) is 0 Å². The summed E-state index contributed by atoms with van der Waals surface area (Å²) >= 11 is 6.64. The van der Waals surface area contributed by atoms with Gasteiger partial charge < -0.3 is 5.32 Å². The van der Waals surface area contributed by atoms with Crippen LogP contribution < -0.4 is 5.32 Å². The highest BCUT2D eigenvalue weighted by Crippen LogP contribution is 2.36. The molecule has 0 unspecified atom stereocenters. The Balaban J connectivity index is 1.90. The summed E-state index contributed by atoms with van der Waals surface area (Å²) in [6.45, 7) is 0.766. The van der Waals surface area contributed by atoms with Gasteiger partial charge in [-0.15, -0.1) is 0 Å². The number of nitrogens with one attached hydrogen (secondary N) is 1. The number of fused-ring (bicyclic) bond motifs is 2. The first-order chi connectivity index (χ1) is 11.3. The molecule has 0 heterocycles. The highest BCUT2D eigenvalue weighted by Gasteiger charge is 2.11. The van der Waals surface area contributed by atoms with Crippen LogP contribution in [0.25, 0.3) is 21.5 Å². The van der Waals surface area contributed by atoms with E-state index >= 15 is 0 Å². The van der Waals surface area contributed by atoms with Crippen molar-refractivity contribution in [3.8, 4) is 0 Å². The van der Waals surface area contributed by atoms with Gasteiger partial charge in [0.2, 0.25) is 0 Å². The molecule has 4 aromatic carbocycles. The van der Waals surface area contributed by atoms with Crippen molar-refractivity contribution in [2.45, 2.75) is 6.54 Å². The van der Waals surface area contributed by atoms with Crippen LogP contribution in [0, 0.1) is 0 Å². The molecule has 0 saturated carbocycles. The highest BCUT2D eigenvalue weighted by atomic mass is 35.5. The number of benzene rings is 4. The first-order valence-electron chi connectivity index (χ1n) is 7.71. The molecule has 4 aromatic rings. The summed E-state index contributed by atoms with van der Waals surface area (Å²) in [5.41, 5.74) is 2.40. The van der Waals surface area contributed by atoms with E-state index in [2.05, 4.69) is 53.8 Å². The lowest BCUT2D eigenvalue weighted by Crippen LogP contribution is -2.01. The predicted octanol–water partition coefficient (Wildman–Crippen LogP) is 6.26. The van der Waals surface area contributed by atoms with Crippen LogP contribution in [-0.2, 0) is 6.54 Å². The molecule has 112 valence electrons. The van der Waals surface area contributed by atoms with Gasteiger partial charge in [0.25, 0.3) is 0 Å². The molecule has 0 aliphatic rings. The van der Waals surface area contributed by atoms with Crippen molar-refractivity contribution < 1.29 is 0 Å². The summed E-state index contributed by atoms with van der Waals surface area (Å²) in [5, 5.41) is 8.99. The Hall–Kier alpha value is -2.51. The van der Waals surface area contributed by atoms with Crippen LogP contribution in [0.5, 0.6) is 0 Å². The van der Waals surface area contributed by atoms with Crippen LogP contribution in [0.3, 0.4) is 0 Å². The number of para-hydroxylation sites is 1. The van der Waals surface area contributed by atoms with Crippen LogP contribution in [0.15, 0.2) is 78.9 Å². The van der Waals surface area contributed by atoms with E-state index < -0.39 is 0 Å². The third-order valence-corrected chi connectivity index (χ3v) is 4.63. The van der Waals surface area contributed by atoms with Crippen molar-refractivity contribution >= 4 is 38.8 Å². The van der Waals surface area contributed by atoms with E-state index in [1.807, 2.05) is 30.3 Å². The van der Waals surface area contributed by atoms with Gasteiger partial charge in [0.15, 0.2) is 0 Å². The van der Waals surface area contributed by atoms with Gasteiger partial charge in [-0.1, -0.05) is 78.3 Å². The largest absolute Gasteiger partial charge is 0.381 e. The summed E-state index contributed by atoms with van der Waals surface area (Å²) in [7, 11) is 0. The molecule has 23 heavy (non-hydrogen) atoms. The molecule has 0 radical (unpaired) electrons. The van der Waals surface area contributed by atoms with E-state index in [4.69, 9.17) is 11.6 Å². The third kappa shape index (κ3) is 2.54. The molecule has 4 rings (SSSR count). The molecule has 1 N–H and O–H groups in total. The molecule has 0 atom stereocenters. The van der Waals surface area contributed by atoms with Crippen molar-refractivity contribution in [1.82, 2.24) is 0 Å². The fourth-order valence-corrected chi connectivity index (χ4v) is 3.43. The molecule has 2 heteroatoms. The Bertz CT molecular complexity index is 920. The average molecular weight is 318 g/mol. The minimum atomic E-state index is 0.766. The van der Waals surface area contributed by atoms with E-state index in [-0.39, 0.29) is 0 Å². The van der Waals surface area contributed by atoms with Crippen LogP contribution >= 0.6 is 11.6 Å². The lowest BCUT2D eigenvalue weighted by molar-refractivity contribution is 1.18. The number of halogens is 1. The molecule has 0 bridgehead atoms. The molecule has 0 amide bonds. The van der Waals surface area contributed by atoms with Crippen molar-refractivity contribution in [2.75, 3.05) is 5.32 Å². The van der Waals surface area contributed by atoms with Crippen molar-refractivity contribution in [2.24, 2.45) is 0 Å². The summed E-state index contributed by atoms with van der Waals surface area (Å²) in [6.07, 6.45) is 0. The van der Waals surface area contributed by atoms with Crippen LogP contribution in [0.2, 0.25) is 5.02 Å².